The molecule has 0 saturated carbocycles. The molecule has 0 fully saturated rings. The predicted molar refractivity (Wildman–Crippen MR) is 125 cm³/mol. The average Bonchev–Trinajstić information content (AvgIpc) is 3.42. The number of aliphatic imine (C=N–C) groups is 1. The maximum absolute atomic E-state index is 13.9. The zero-order valence-electron chi connectivity index (χ0n) is 19.0. The zero-order chi connectivity index (χ0) is 24.2. The molecule has 1 aliphatic heterocycles. The summed E-state index contributed by atoms with van der Waals surface area (Å²) >= 11 is 6.06. The predicted octanol–water partition coefficient (Wildman–Crippen LogP) is 3.39. The minimum absolute atomic E-state index is 0.168. The highest BCUT2D eigenvalue weighted by Gasteiger charge is 2.24. The van der Waals surface area contributed by atoms with Gasteiger partial charge in [-0.25, -0.2) is 14.2 Å². The number of fused-ring (bicyclic) bond motifs is 1. The molecule has 2 aromatic heterocycles. The number of hydrogen-bond donors (Lipinski definition) is 0. The number of hydrogen-bond acceptors (Lipinski definition) is 7. The summed E-state index contributed by atoms with van der Waals surface area (Å²) in [4.78, 5) is 34.5. The molecule has 1 aromatic carbocycles. The van der Waals surface area contributed by atoms with E-state index in [9.17, 15) is 14.0 Å². The number of halogens is 2. The Bertz CT molecular complexity index is 1340. The quantitative estimate of drug-likeness (QED) is 0.432. The highest BCUT2D eigenvalue weighted by molar-refractivity contribution is 6.66. The van der Waals surface area contributed by atoms with Crippen molar-refractivity contribution in [3.63, 3.8) is 0 Å². The molecule has 0 radical (unpaired) electrons. The van der Waals surface area contributed by atoms with Crippen LogP contribution in [0.15, 0.2) is 37.3 Å². The standard InChI is InChI=1S/C23H25ClFN5O4/c1-3-4-9-29-21-15(13-18(24)26-21)22(31)30(23(29)32)10-5-6-20-27-19(28-34-20)12-14-7-8-17(33-2)16(25)11-14/h7-8,11H,3-6,9-10,12-13H2,1-2H3. The van der Waals surface area contributed by atoms with E-state index in [-0.39, 0.29) is 30.0 Å². The van der Waals surface area contributed by atoms with E-state index in [2.05, 4.69) is 15.1 Å². The summed E-state index contributed by atoms with van der Waals surface area (Å²) in [6.07, 6.45) is 3.08. The number of aryl methyl sites for hydroxylation is 1. The van der Waals surface area contributed by atoms with Gasteiger partial charge in [0.05, 0.1) is 12.7 Å². The van der Waals surface area contributed by atoms with Gasteiger partial charge in [-0.05, 0) is 30.5 Å². The van der Waals surface area contributed by atoms with Crippen LogP contribution in [0, 0.1) is 5.82 Å². The van der Waals surface area contributed by atoms with Crippen molar-refractivity contribution < 1.29 is 13.7 Å². The Hall–Kier alpha value is -3.27. The Morgan fingerprint density at radius 1 is 1.21 bits per heavy atom. The lowest BCUT2D eigenvalue weighted by Gasteiger charge is -2.13. The maximum Gasteiger partial charge on any atom is 0.332 e. The van der Waals surface area contributed by atoms with Crippen LogP contribution in [0.1, 0.15) is 49.0 Å². The fraction of sp³-hybridized carbons (Fsp3) is 0.435. The second-order valence-electron chi connectivity index (χ2n) is 8.07. The summed E-state index contributed by atoms with van der Waals surface area (Å²) in [7, 11) is 1.41. The summed E-state index contributed by atoms with van der Waals surface area (Å²) in [6, 6.07) is 4.65. The number of nitrogens with zero attached hydrogens (tertiary/aromatic N) is 5. The Morgan fingerprint density at radius 3 is 2.74 bits per heavy atom. The molecule has 1 aliphatic rings. The van der Waals surface area contributed by atoms with Crippen molar-refractivity contribution in [3.8, 4) is 5.75 Å². The SMILES string of the molecule is CCCCn1c2c(c(=O)n(CCCc3nc(Cc4ccc(OC)c(F)c4)no3)c1=O)CC(Cl)=N2. The normalized spacial score (nSPS) is 12.6. The van der Waals surface area contributed by atoms with Crippen LogP contribution in [0.3, 0.4) is 0 Å². The van der Waals surface area contributed by atoms with Crippen LogP contribution in [0.2, 0.25) is 0 Å². The van der Waals surface area contributed by atoms with E-state index < -0.39 is 5.82 Å². The third kappa shape index (κ3) is 4.96. The van der Waals surface area contributed by atoms with Crippen LogP contribution in [0.25, 0.3) is 0 Å². The van der Waals surface area contributed by atoms with Gasteiger partial charge in [-0.15, -0.1) is 0 Å². The number of benzene rings is 1. The molecule has 0 spiro atoms. The molecule has 0 unspecified atom stereocenters. The van der Waals surface area contributed by atoms with E-state index in [1.54, 1.807) is 12.1 Å². The van der Waals surface area contributed by atoms with Gasteiger partial charge >= 0.3 is 5.69 Å². The molecule has 34 heavy (non-hydrogen) atoms. The monoisotopic (exact) mass is 489 g/mol. The molecule has 3 aromatic rings. The van der Waals surface area contributed by atoms with Gasteiger partial charge in [0.25, 0.3) is 5.56 Å². The second kappa shape index (κ2) is 10.3. The van der Waals surface area contributed by atoms with Crippen LogP contribution in [0.5, 0.6) is 5.75 Å². The van der Waals surface area contributed by atoms with E-state index in [0.717, 1.165) is 12.8 Å². The fourth-order valence-corrected chi connectivity index (χ4v) is 4.11. The number of methoxy groups -OCH3 is 1. The first-order valence-electron chi connectivity index (χ1n) is 11.1. The maximum atomic E-state index is 13.9. The van der Waals surface area contributed by atoms with Gasteiger partial charge in [0.15, 0.2) is 17.4 Å². The van der Waals surface area contributed by atoms with Crippen molar-refractivity contribution in [2.75, 3.05) is 7.11 Å². The largest absolute Gasteiger partial charge is 0.494 e. The van der Waals surface area contributed by atoms with Gasteiger partial charge in [-0.3, -0.25) is 13.9 Å². The van der Waals surface area contributed by atoms with E-state index in [4.69, 9.17) is 20.9 Å². The summed E-state index contributed by atoms with van der Waals surface area (Å²) in [5, 5.41) is 4.25. The van der Waals surface area contributed by atoms with Gasteiger partial charge < -0.3 is 9.26 Å². The van der Waals surface area contributed by atoms with Crippen molar-refractivity contribution in [1.82, 2.24) is 19.3 Å². The van der Waals surface area contributed by atoms with Crippen molar-refractivity contribution in [2.24, 2.45) is 4.99 Å². The lowest BCUT2D eigenvalue weighted by Crippen LogP contribution is -2.41. The number of aromatic nitrogens is 4. The van der Waals surface area contributed by atoms with Crippen LogP contribution in [0.4, 0.5) is 10.2 Å². The average molecular weight is 490 g/mol. The molecular formula is C23H25ClFN5O4. The summed E-state index contributed by atoms with van der Waals surface area (Å²) in [5.74, 6) is 0.891. The van der Waals surface area contributed by atoms with Gasteiger partial charge in [0.2, 0.25) is 5.89 Å². The van der Waals surface area contributed by atoms with Crippen molar-refractivity contribution in [1.29, 1.82) is 0 Å². The summed E-state index contributed by atoms with van der Waals surface area (Å²) in [5.41, 5.74) is 0.385. The smallest absolute Gasteiger partial charge is 0.332 e. The Labute approximate surface area is 199 Å². The first kappa shape index (κ1) is 23.9. The van der Waals surface area contributed by atoms with Crippen LogP contribution >= 0.6 is 11.6 Å². The molecule has 11 heteroatoms. The Morgan fingerprint density at radius 2 is 2.00 bits per heavy atom. The van der Waals surface area contributed by atoms with Crippen LogP contribution in [-0.4, -0.2) is 31.6 Å². The number of ether oxygens (including phenoxy) is 1. The molecule has 0 amide bonds. The minimum Gasteiger partial charge on any atom is -0.494 e. The molecular weight excluding hydrogens is 465 g/mol. The highest BCUT2D eigenvalue weighted by Crippen LogP contribution is 2.24. The summed E-state index contributed by atoms with van der Waals surface area (Å²) < 4.78 is 26.9. The van der Waals surface area contributed by atoms with E-state index in [0.29, 0.717) is 59.6 Å². The molecule has 0 atom stereocenters. The molecule has 4 rings (SSSR count). The lowest BCUT2D eigenvalue weighted by molar-refractivity contribution is 0.366. The molecule has 0 aliphatic carbocycles. The van der Waals surface area contributed by atoms with Crippen molar-refractivity contribution in [2.45, 2.75) is 58.5 Å². The van der Waals surface area contributed by atoms with Crippen molar-refractivity contribution in [3.05, 3.63) is 67.7 Å². The number of rotatable bonds is 10. The third-order valence-corrected chi connectivity index (χ3v) is 5.85. The van der Waals surface area contributed by atoms with Gasteiger partial charge in [-0.2, -0.15) is 4.98 Å². The number of unbranched alkanes of at least 4 members (excludes halogenated alkanes) is 1. The Balaban J connectivity index is 1.44. The topological polar surface area (TPSA) is 105 Å². The zero-order valence-corrected chi connectivity index (χ0v) is 19.8. The lowest BCUT2D eigenvalue weighted by atomic mass is 10.1. The van der Waals surface area contributed by atoms with Gasteiger partial charge in [-0.1, -0.05) is 36.2 Å². The van der Waals surface area contributed by atoms with E-state index in [1.165, 1.54) is 22.3 Å². The second-order valence-corrected chi connectivity index (χ2v) is 8.50. The molecule has 0 saturated heterocycles. The minimum atomic E-state index is -0.459. The molecule has 0 bridgehead atoms. The van der Waals surface area contributed by atoms with Crippen molar-refractivity contribution >= 4 is 22.6 Å². The first-order valence-corrected chi connectivity index (χ1v) is 11.5. The molecule has 9 nitrogen and oxygen atoms in total. The van der Waals surface area contributed by atoms with Crippen LogP contribution in [-0.2, 0) is 32.4 Å². The molecule has 180 valence electrons. The molecule has 0 N–H and O–H groups in total. The van der Waals surface area contributed by atoms with E-state index in [1.807, 2.05) is 6.92 Å². The fourth-order valence-electron chi connectivity index (χ4n) is 3.90. The van der Waals surface area contributed by atoms with Crippen LogP contribution < -0.4 is 16.0 Å². The highest BCUT2D eigenvalue weighted by atomic mass is 35.5. The van der Waals surface area contributed by atoms with Gasteiger partial charge in [0, 0.05) is 32.4 Å². The summed E-state index contributed by atoms with van der Waals surface area (Å²) in [6.45, 7) is 2.71. The first-order chi connectivity index (χ1) is 16.4. The Kier molecular flexibility index (Phi) is 7.26. The van der Waals surface area contributed by atoms with Gasteiger partial charge in [0.1, 0.15) is 11.0 Å². The molecule has 3 heterocycles. The van der Waals surface area contributed by atoms with E-state index >= 15 is 0 Å². The third-order valence-electron chi connectivity index (χ3n) is 5.64.